The lowest BCUT2D eigenvalue weighted by molar-refractivity contribution is 0.168. The number of hydrogen-bond donors (Lipinski definition) is 3. The minimum atomic E-state index is -0.507. The zero-order valence-electron chi connectivity index (χ0n) is 11.7. The molecule has 9 nitrogen and oxygen atoms in total. The first-order valence-electron chi connectivity index (χ1n) is 6.37. The summed E-state index contributed by atoms with van der Waals surface area (Å²) in [5.41, 5.74) is 1.57. The summed E-state index contributed by atoms with van der Waals surface area (Å²) in [6.07, 6.45) is 0.963. The molecule has 1 amide bonds. The van der Waals surface area contributed by atoms with E-state index in [1.54, 1.807) is 31.2 Å². The number of carbonyl (C=O) groups is 1. The molecule has 0 fully saturated rings. The number of benzene rings is 1. The maximum atomic E-state index is 11.3. The third-order valence-corrected chi connectivity index (χ3v) is 2.50. The van der Waals surface area contributed by atoms with Crippen molar-refractivity contribution in [2.24, 2.45) is 0 Å². The van der Waals surface area contributed by atoms with Gasteiger partial charge in [-0.05, 0) is 36.4 Å². The summed E-state index contributed by atoms with van der Waals surface area (Å²) in [5, 5.41) is 27.7. The third kappa shape index (κ3) is 4.04. The van der Waals surface area contributed by atoms with Crippen LogP contribution in [0.25, 0.3) is 5.57 Å². The summed E-state index contributed by atoms with van der Waals surface area (Å²) in [6.45, 7) is 2.04. The number of anilines is 2. The fourth-order valence-electron chi connectivity index (χ4n) is 1.51. The average Bonchev–Trinajstić information content (AvgIpc) is 3.04. The molecule has 3 N–H and O–H groups in total. The number of nitrogens with zero attached hydrogens (tertiary/aromatic N) is 4. The Bertz CT molecular complexity index is 686. The summed E-state index contributed by atoms with van der Waals surface area (Å²) in [5.74, 6) is 0.204. The maximum absolute atomic E-state index is 11.3. The van der Waals surface area contributed by atoms with Crippen molar-refractivity contribution >= 4 is 23.0 Å². The van der Waals surface area contributed by atoms with Gasteiger partial charge in [0.15, 0.2) is 0 Å². The largest absolute Gasteiger partial charge is 0.450 e. The highest BCUT2D eigenvalue weighted by molar-refractivity contribution is 5.85. The van der Waals surface area contributed by atoms with Crippen molar-refractivity contribution in [3.8, 4) is 6.07 Å². The third-order valence-electron chi connectivity index (χ3n) is 2.50. The van der Waals surface area contributed by atoms with E-state index in [2.05, 4.69) is 31.3 Å². The SMILES string of the molecule is CCOC(=O)Nc1ccc(NC=C(C#N)c2nn[nH]n2)cc1. The number of nitrogens with one attached hydrogen (secondary N) is 3. The Balaban J connectivity index is 1.99. The second-order valence-corrected chi connectivity index (χ2v) is 3.97. The van der Waals surface area contributed by atoms with E-state index in [0.29, 0.717) is 12.3 Å². The molecule has 0 bridgehead atoms. The normalized spacial score (nSPS) is 10.6. The van der Waals surface area contributed by atoms with Crippen molar-refractivity contribution in [3.05, 3.63) is 36.3 Å². The summed E-state index contributed by atoms with van der Waals surface area (Å²) in [7, 11) is 0. The zero-order chi connectivity index (χ0) is 15.8. The Morgan fingerprint density at radius 1 is 1.41 bits per heavy atom. The number of aromatic amines is 1. The molecule has 1 aromatic carbocycles. The topological polar surface area (TPSA) is 129 Å². The number of H-pyrrole nitrogens is 1. The van der Waals surface area contributed by atoms with Gasteiger partial charge in [0.2, 0.25) is 5.82 Å². The van der Waals surface area contributed by atoms with E-state index < -0.39 is 6.09 Å². The van der Waals surface area contributed by atoms with Gasteiger partial charge in [0.25, 0.3) is 0 Å². The summed E-state index contributed by atoms with van der Waals surface area (Å²) >= 11 is 0. The van der Waals surface area contributed by atoms with Crippen LogP contribution in [0.2, 0.25) is 0 Å². The van der Waals surface area contributed by atoms with Crippen LogP contribution in [-0.2, 0) is 4.74 Å². The summed E-state index contributed by atoms with van der Waals surface area (Å²) < 4.78 is 4.78. The van der Waals surface area contributed by atoms with Crippen molar-refractivity contribution in [3.63, 3.8) is 0 Å². The van der Waals surface area contributed by atoms with Crippen LogP contribution in [-0.4, -0.2) is 33.3 Å². The Labute approximate surface area is 126 Å². The van der Waals surface area contributed by atoms with Gasteiger partial charge in [-0.15, -0.1) is 10.2 Å². The average molecular weight is 299 g/mol. The number of ether oxygens (including phenoxy) is 1. The molecule has 2 aromatic rings. The number of allylic oxidation sites excluding steroid dienone is 1. The van der Waals surface area contributed by atoms with Crippen LogP contribution in [0.5, 0.6) is 0 Å². The van der Waals surface area contributed by atoms with Gasteiger partial charge < -0.3 is 10.1 Å². The van der Waals surface area contributed by atoms with Crippen molar-refractivity contribution in [2.45, 2.75) is 6.92 Å². The highest BCUT2D eigenvalue weighted by Gasteiger charge is 2.05. The van der Waals surface area contributed by atoms with Gasteiger partial charge >= 0.3 is 6.09 Å². The molecule has 0 unspecified atom stereocenters. The number of aromatic nitrogens is 4. The minimum Gasteiger partial charge on any atom is -0.450 e. The molecule has 0 spiro atoms. The first-order valence-corrected chi connectivity index (χ1v) is 6.37. The molecule has 0 saturated carbocycles. The number of carbonyl (C=O) groups excluding carboxylic acids is 1. The fourth-order valence-corrected chi connectivity index (χ4v) is 1.51. The molecule has 0 radical (unpaired) electrons. The van der Waals surface area contributed by atoms with E-state index in [9.17, 15) is 4.79 Å². The van der Waals surface area contributed by atoms with Crippen molar-refractivity contribution in [1.29, 1.82) is 5.26 Å². The molecular weight excluding hydrogens is 286 g/mol. The summed E-state index contributed by atoms with van der Waals surface area (Å²) in [4.78, 5) is 11.3. The molecule has 9 heteroatoms. The van der Waals surface area contributed by atoms with Crippen molar-refractivity contribution in [1.82, 2.24) is 20.6 Å². The number of nitriles is 1. The van der Waals surface area contributed by atoms with Crippen LogP contribution in [0.4, 0.5) is 16.2 Å². The lowest BCUT2D eigenvalue weighted by Gasteiger charge is -2.06. The van der Waals surface area contributed by atoms with E-state index in [0.717, 1.165) is 5.69 Å². The maximum Gasteiger partial charge on any atom is 0.411 e. The monoisotopic (exact) mass is 299 g/mol. The molecule has 22 heavy (non-hydrogen) atoms. The lowest BCUT2D eigenvalue weighted by Crippen LogP contribution is -2.13. The van der Waals surface area contributed by atoms with Crippen LogP contribution >= 0.6 is 0 Å². The molecule has 0 aliphatic carbocycles. The molecule has 2 rings (SSSR count). The molecular formula is C13H13N7O2. The standard InChI is InChI=1S/C13H13N7O2/c1-2-22-13(21)16-11-5-3-10(4-6-11)15-8-9(7-14)12-17-19-20-18-12/h3-6,8,15H,2H2,1H3,(H,16,21)(H,17,18,19,20). The second kappa shape index (κ2) is 7.39. The molecule has 112 valence electrons. The molecule has 0 atom stereocenters. The molecule has 0 aliphatic rings. The van der Waals surface area contributed by atoms with E-state index >= 15 is 0 Å². The van der Waals surface area contributed by atoms with Crippen LogP contribution in [0.15, 0.2) is 30.5 Å². The number of tetrazole rings is 1. The van der Waals surface area contributed by atoms with Crippen LogP contribution < -0.4 is 10.6 Å². The predicted octanol–water partition coefficient (Wildman–Crippen LogP) is 1.74. The first-order chi connectivity index (χ1) is 10.7. The van der Waals surface area contributed by atoms with E-state index in [1.807, 2.05) is 6.07 Å². The van der Waals surface area contributed by atoms with Gasteiger partial charge in [-0.2, -0.15) is 10.5 Å². The number of rotatable bonds is 5. The van der Waals surface area contributed by atoms with Crippen LogP contribution in [0.3, 0.4) is 0 Å². The van der Waals surface area contributed by atoms with Gasteiger partial charge in [0, 0.05) is 17.6 Å². The second-order valence-electron chi connectivity index (χ2n) is 3.97. The molecule has 0 aliphatic heterocycles. The Hall–Kier alpha value is -3.41. The quantitative estimate of drug-likeness (QED) is 0.717. The fraction of sp³-hybridized carbons (Fsp3) is 0.154. The highest BCUT2D eigenvalue weighted by atomic mass is 16.5. The van der Waals surface area contributed by atoms with Gasteiger partial charge in [0.1, 0.15) is 11.6 Å². The van der Waals surface area contributed by atoms with Gasteiger partial charge in [-0.25, -0.2) is 4.79 Å². The number of amides is 1. The van der Waals surface area contributed by atoms with Crippen LogP contribution in [0, 0.1) is 11.3 Å². The Morgan fingerprint density at radius 2 is 2.14 bits per heavy atom. The smallest absolute Gasteiger partial charge is 0.411 e. The van der Waals surface area contributed by atoms with Gasteiger partial charge in [0.05, 0.1) is 6.61 Å². The van der Waals surface area contributed by atoms with Gasteiger partial charge in [-0.3, -0.25) is 5.32 Å². The highest BCUT2D eigenvalue weighted by Crippen LogP contribution is 2.15. The van der Waals surface area contributed by atoms with Crippen molar-refractivity contribution < 1.29 is 9.53 Å². The Kier molecular flexibility index (Phi) is 5.04. The van der Waals surface area contributed by atoms with Crippen molar-refractivity contribution in [2.75, 3.05) is 17.2 Å². The summed E-state index contributed by atoms with van der Waals surface area (Å²) in [6, 6.07) is 8.85. The first kappa shape index (κ1) is 15.0. The molecule has 1 heterocycles. The van der Waals surface area contributed by atoms with Crippen LogP contribution in [0.1, 0.15) is 12.7 Å². The number of hydrogen-bond acceptors (Lipinski definition) is 7. The predicted molar refractivity (Wildman–Crippen MR) is 78.5 cm³/mol. The van der Waals surface area contributed by atoms with E-state index in [4.69, 9.17) is 10.00 Å². The van der Waals surface area contributed by atoms with Gasteiger partial charge in [-0.1, -0.05) is 0 Å². The zero-order valence-corrected chi connectivity index (χ0v) is 11.7. The van der Waals surface area contributed by atoms with E-state index in [-0.39, 0.29) is 11.4 Å². The lowest BCUT2D eigenvalue weighted by atomic mass is 10.2. The Morgan fingerprint density at radius 3 is 2.73 bits per heavy atom. The molecule has 0 saturated heterocycles. The molecule has 1 aromatic heterocycles. The van der Waals surface area contributed by atoms with E-state index in [1.165, 1.54) is 6.20 Å². The minimum absolute atomic E-state index is 0.204.